The standard InChI is InChI=1S/C8H13N3O2S/c1-4-5-9-14(12,13)8-6-11(3)10-7(8)2/h4,6,9H,1,5H2,2-3H3. The van der Waals surface area contributed by atoms with Crippen molar-refractivity contribution < 1.29 is 8.42 Å². The van der Waals surface area contributed by atoms with E-state index < -0.39 is 10.0 Å². The number of rotatable bonds is 4. The van der Waals surface area contributed by atoms with Gasteiger partial charge in [0, 0.05) is 19.8 Å². The minimum Gasteiger partial charge on any atom is -0.274 e. The third-order valence-corrected chi connectivity index (χ3v) is 3.20. The van der Waals surface area contributed by atoms with E-state index in [1.165, 1.54) is 17.0 Å². The third-order valence-electron chi connectivity index (χ3n) is 1.68. The fraction of sp³-hybridized carbons (Fsp3) is 0.375. The van der Waals surface area contributed by atoms with Crippen molar-refractivity contribution in [3.8, 4) is 0 Å². The second kappa shape index (κ2) is 3.93. The molecule has 78 valence electrons. The van der Waals surface area contributed by atoms with Gasteiger partial charge < -0.3 is 0 Å². The lowest BCUT2D eigenvalue weighted by molar-refractivity contribution is 0.585. The highest BCUT2D eigenvalue weighted by molar-refractivity contribution is 7.89. The summed E-state index contributed by atoms with van der Waals surface area (Å²) < 4.78 is 27.1. The van der Waals surface area contributed by atoms with Gasteiger partial charge in [0.1, 0.15) is 4.90 Å². The average molecular weight is 215 g/mol. The first kappa shape index (κ1) is 10.9. The van der Waals surface area contributed by atoms with Crippen molar-refractivity contribution in [2.45, 2.75) is 11.8 Å². The zero-order valence-electron chi connectivity index (χ0n) is 8.19. The van der Waals surface area contributed by atoms with Gasteiger partial charge in [-0.25, -0.2) is 13.1 Å². The summed E-state index contributed by atoms with van der Waals surface area (Å²) in [5.74, 6) is 0. The first-order valence-corrected chi connectivity index (χ1v) is 5.56. The van der Waals surface area contributed by atoms with Crippen molar-refractivity contribution in [3.63, 3.8) is 0 Å². The molecule has 0 atom stereocenters. The highest BCUT2D eigenvalue weighted by Crippen LogP contribution is 2.11. The van der Waals surface area contributed by atoms with Crippen LogP contribution in [0.3, 0.4) is 0 Å². The molecule has 1 aromatic heterocycles. The molecule has 5 nitrogen and oxygen atoms in total. The minimum atomic E-state index is -3.44. The average Bonchev–Trinajstić information content (AvgIpc) is 2.42. The first-order valence-electron chi connectivity index (χ1n) is 4.08. The van der Waals surface area contributed by atoms with Crippen LogP contribution in [0.4, 0.5) is 0 Å². The summed E-state index contributed by atoms with van der Waals surface area (Å²) in [5.41, 5.74) is 0.490. The van der Waals surface area contributed by atoms with Crippen LogP contribution >= 0.6 is 0 Å². The van der Waals surface area contributed by atoms with Crippen molar-refractivity contribution in [1.29, 1.82) is 0 Å². The smallest absolute Gasteiger partial charge is 0.244 e. The summed E-state index contributed by atoms with van der Waals surface area (Å²) in [6.07, 6.45) is 2.96. The summed E-state index contributed by atoms with van der Waals surface area (Å²) in [5, 5.41) is 3.96. The Hall–Kier alpha value is -1.14. The molecule has 0 aromatic carbocycles. The van der Waals surface area contributed by atoms with E-state index in [2.05, 4.69) is 16.4 Å². The molecule has 0 saturated carbocycles. The molecular formula is C8H13N3O2S. The maximum absolute atomic E-state index is 11.6. The van der Waals surface area contributed by atoms with Gasteiger partial charge in [0.15, 0.2) is 0 Å². The topological polar surface area (TPSA) is 64.0 Å². The molecule has 1 aromatic rings. The van der Waals surface area contributed by atoms with Gasteiger partial charge in [-0.05, 0) is 6.92 Å². The zero-order valence-corrected chi connectivity index (χ0v) is 9.00. The zero-order chi connectivity index (χ0) is 10.8. The van der Waals surface area contributed by atoms with Crippen LogP contribution in [0.5, 0.6) is 0 Å². The summed E-state index contributed by atoms with van der Waals surface area (Å²) in [4.78, 5) is 0.210. The van der Waals surface area contributed by atoms with Crippen LogP contribution in [0, 0.1) is 6.92 Å². The maximum atomic E-state index is 11.6. The van der Waals surface area contributed by atoms with E-state index in [0.717, 1.165) is 0 Å². The summed E-state index contributed by atoms with van der Waals surface area (Å²) in [7, 11) is -1.76. The molecule has 0 aliphatic carbocycles. The SMILES string of the molecule is C=CCNS(=O)(=O)c1cn(C)nc1C. The van der Waals surface area contributed by atoms with Gasteiger partial charge in [0.25, 0.3) is 0 Å². The Morgan fingerprint density at radius 3 is 2.79 bits per heavy atom. The molecule has 1 N–H and O–H groups in total. The minimum absolute atomic E-state index is 0.210. The van der Waals surface area contributed by atoms with Gasteiger partial charge in [-0.2, -0.15) is 5.10 Å². The Morgan fingerprint density at radius 2 is 2.36 bits per heavy atom. The number of aromatic nitrogens is 2. The Balaban J connectivity index is 3.03. The molecule has 1 rings (SSSR count). The highest BCUT2D eigenvalue weighted by Gasteiger charge is 2.18. The lowest BCUT2D eigenvalue weighted by Crippen LogP contribution is -2.23. The monoisotopic (exact) mass is 215 g/mol. The van der Waals surface area contributed by atoms with Gasteiger partial charge in [-0.15, -0.1) is 6.58 Å². The molecule has 14 heavy (non-hydrogen) atoms. The van der Waals surface area contributed by atoms with Crippen molar-refractivity contribution in [2.24, 2.45) is 7.05 Å². The first-order chi connectivity index (χ1) is 6.47. The van der Waals surface area contributed by atoms with E-state index in [4.69, 9.17) is 0 Å². The van der Waals surface area contributed by atoms with E-state index >= 15 is 0 Å². The second-order valence-corrected chi connectivity index (χ2v) is 4.63. The van der Waals surface area contributed by atoms with Crippen LogP contribution in [0.1, 0.15) is 5.69 Å². The molecule has 0 spiro atoms. The van der Waals surface area contributed by atoms with E-state index in [9.17, 15) is 8.42 Å². The third kappa shape index (κ3) is 2.21. The molecule has 0 aliphatic rings. The number of hydrogen-bond donors (Lipinski definition) is 1. The number of nitrogens with one attached hydrogen (secondary N) is 1. The summed E-state index contributed by atoms with van der Waals surface area (Å²) in [6.45, 7) is 5.31. The lowest BCUT2D eigenvalue weighted by Gasteiger charge is -2.01. The van der Waals surface area contributed by atoms with Gasteiger partial charge in [0.2, 0.25) is 10.0 Å². The van der Waals surface area contributed by atoms with E-state index in [1.54, 1.807) is 14.0 Å². The molecule has 0 saturated heterocycles. The quantitative estimate of drug-likeness (QED) is 0.729. The Bertz CT molecular complexity index is 433. The fourth-order valence-corrected chi connectivity index (χ4v) is 2.30. The second-order valence-electron chi connectivity index (χ2n) is 2.89. The van der Waals surface area contributed by atoms with Crippen LogP contribution < -0.4 is 4.72 Å². The molecule has 0 amide bonds. The van der Waals surface area contributed by atoms with Gasteiger partial charge in [-0.1, -0.05) is 6.08 Å². The molecule has 6 heteroatoms. The van der Waals surface area contributed by atoms with Crippen LogP contribution in [0.25, 0.3) is 0 Å². The normalized spacial score (nSPS) is 11.6. The van der Waals surface area contributed by atoms with Crippen molar-refractivity contribution in [1.82, 2.24) is 14.5 Å². The van der Waals surface area contributed by atoms with Crippen LogP contribution in [0.15, 0.2) is 23.7 Å². The highest BCUT2D eigenvalue weighted by atomic mass is 32.2. The molecule has 0 fully saturated rings. The molecule has 0 bridgehead atoms. The Kier molecular flexibility index (Phi) is 3.07. The number of aryl methyl sites for hydroxylation is 2. The number of sulfonamides is 1. The largest absolute Gasteiger partial charge is 0.274 e. The van der Waals surface area contributed by atoms with Crippen molar-refractivity contribution in [2.75, 3.05) is 6.54 Å². The fourth-order valence-electron chi connectivity index (χ4n) is 1.09. The van der Waals surface area contributed by atoms with Crippen LogP contribution in [-0.2, 0) is 17.1 Å². The van der Waals surface area contributed by atoms with Gasteiger partial charge >= 0.3 is 0 Å². The molecule has 0 aliphatic heterocycles. The van der Waals surface area contributed by atoms with Crippen LogP contribution in [-0.4, -0.2) is 24.7 Å². The molecular weight excluding hydrogens is 202 g/mol. The Morgan fingerprint density at radius 1 is 1.71 bits per heavy atom. The molecule has 0 radical (unpaired) electrons. The molecule has 1 heterocycles. The van der Waals surface area contributed by atoms with E-state index in [1.807, 2.05) is 0 Å². The van der Waals surface area contributed by atoms with Crippen molar-refractivity contribution in [3.05, 3.63) is 24.5 Å². The van der Waals surface area contributed by atoms with E-state index in [0.29, 0.717) is 5.69 Å². The molecule has 0 unspecified atom stereocenters. The van der Waals surface area contributed by atoms with Gasteiger partial charge in [-0.3, -0.25) is 4.68 Å². The summed E-state index contributed by atoms with van der Waals surface area (Å²) in [6, 6.07) is 0. The Labute approximate surface area is 83.5 Å². The van der Waals surface area contributed by atoms with Crippen molar-refractivity contribution >= 4 is 10.0 Å². The predicted octanol–water partition coefficient (Wildman–Crippen LogP) is 0.193. The van der Waals surface area contributed by atoms with E-state index in [-0.39, 0.29) is 11.4 Å². The number of hydrogen-bond acceptors (Lipinski definition) is 3. The summed E-state index contributed by atoms with van der Waals surface area (Å²) >= 11 is 0. The van der Waals surface area contributed by atoms with Gasteiger partial charge in [0.05, 0.1) is 5.69 Å². The lowest BCUT2D eigenvalue weighted by atomic mass is 10.5. The number of nitrogens with zero attached hydrogens (tertiary/aromatic N) is 2. The predicted molar refractivity (Wildman–Crippen MR) is 53.3 cm³/mol. The maximum Gasteiger partial charge on any atom is 0.244 e. The van der Waals surface area contributed by atoms with Crippen LogP contribution in [0.2, 0.25) is 0 Å².